The van der Waals surface area contributed by atoms with Gasteiger partial charge in [-0.1, -0.05) is 13.8 Å². The Kier molecular flexibility index (Phi) is 6.65. The lowest BCUT2D eigenvalue weighted by Gasteiger charge is -2.24. The Hall–Kier alpha value is -0.570. The highest BCUT2D eigenvalue weighted by atomic mass is 16.5. The van der Waals surface area contributed by atoms with E-state index in [9.17, 15) is 4.79 Å². The minimum absolute atomic E-state index is 0.0151. The highest BCUT2D eigenvalue weighted by Crippen LogP contribution is 2.10. The van der Waals surface area contributed by atoms with Crippen LogP contribution in [0.5, 0.6) is 0 Å². The van der Waals surface area contributed by atoms with Crippen LogP contribution in [0.2, 0.25) is 0 Å². The molecule has 1 unspecified atom stereocenters. The van der Waals surface area contributed by atoms with E-state index in [1.54, 1.807) is 6.92 Å². The van der Waals surface area contributed by atoms with Crippen molar-refractivity contribution in [1.82, 2.24) is 5.32 Å². The lowest BCUT2D eigenvalue weighted by molar-refractivity contribution is -0.140. The Morgan fingerprint density at radius 1 is 1.25 bits per heavy atom. The van der Waals surface area contributed by atoms with E-state index in [0.717, 1.165) is 19.4 Å². The summed E-state index contributed by atoms with van der Waals surface area (Å²) < 4.78 is 5.57. The first-order valence-corrected chi connectivity index (χ1v) is 6.18. The molecule has 3 nitrogen and oxygen atoms in total. The number of hydrogen-bond donors (Lipinski definition) is 1. The predicted octanol–water partition coefficient (Wildman–Crippen LogP) is 2.74. The lowest BCUT2D eigenvalue weighted by atomic mass is 10.1. The molecule has 0 spiro atoms. The first kappa shape index (κ1) is 15.4. The Morgan fingerprint density at radius 2 is 1.81 bits per heavy atom. The van der Waals surface area contributed by atoms with Crippen molar-refractivity contribution in [2.45, 2.75) is 66.1 Å². The fraction of sp³-hybridized carbons (Fsp3) is 0.923. The molecule has 0 saturated heterocycles. The number of hydrogen-bond acceptors (Lipinski definition) is 2. The van der Waals surface area contributed by atoms with Crippen LogP contribution in [0.1, 0.15) is 54.4 Å². The zero-order chi connectivity index (χ0) is 12.8. The van der Waals surface area contributed by atoms with E-state index in [1.807, 2.05) is 20.8 Å². The van der Waals surface area contributed by atoms with Crippen LogP contribution < -0.4 is 5.32 Å². The van der Waals surface area contributed by atoms with Crippen LogP contribution in [0.3, 0.4) is 0 Å². The summed E-state index contributed by atoms with van der Waals surface area (Å²) in [6.07, 6.45) is 1.81. The van der Waals surface area contributed by atoms with Crippen molar-refractivity contribution in [2.24, 2.45) is 5.92 Å². The van der Waals surface area contributed by atoms with Crippen LogP contribution in [0.4, 0.5) is 0 Å². The van der Waals surface area contributed by atoms with Gasteiger partial charge in [-0.3, -0.25) is 4.79 Å². The Morgan fingerprint density at radius 3 is 2.25 bits per heavy atom. The van der Waals surface area contributed by atoms with E-state index in [4.69, 9.17) is 4.74 Å². The summed E-state index contributed by atoms with van der Waals surface area (Å²) in [7, 11) is 0. The monoisotopic (exact) mass is 229 g/mol. The fourth-order valence-corrected chi connectivity index (χ4v) is 1.45. The Balaban J connectivity index is 3.72. The zero-order valence-electron chi connectivity index (χ0n) is 11.6. The van der Waals surface area contributed by atoms with Gasteiger partial charge in [0.2, 0.25) is 5.91 Å². The molecule has 0 bridgehead atoms. The number of carbonyl (C=O) groups is 1. The summed E-state index contributed by atoms with van der Waals surface area (Å²) in [4.78, 5) is 11.6. The lowest BCUT2D eigenvalue weighted by Crippen LogP contribution is -2.39. The quantitative estimate of drug-likeness (QED) is 0.711. The van der Waals surface area contributed by atoms with Crippen LogP contribution in [0.25, 0.3) is 0 Å². The minimum Gasteiger partial charge on any atom is -0.363 e. The first-order valence-electron chi connectivity index (χ1n) is 6.18. The molecule has 0 aromatic heterocycles. The third-order valence-electron chi connectivity index (χ3n) is 2.16. The fourth-order valence-electron chi connectivity index (χ4n) is 1.45. The van der Waals surface area contributed by atoms with Gasteiger partial charge in [0.1, 0.15) is 6.10 Å². The molecule has 3 heteroatoms. The average Bonchev–Trinajstić information content (AvgIpc) is 2.08. The third kappa shape index (κ3) is 8.72. The molecule has 1 atom stereocenters. The summed E-state index contributed by atoms with van der Waals surface area (Å²) in [6.45, 7) is 12.8. The van der Waals surface area contributed by atoms with Gasteiger partial charge in [0.15, 0.2) is 0 Å². The number of amides is 1. The molecule has 1 amide bonds. The molecule has 0 aromatic carbocycles. The summed E-state index contributed by atoms with van der Waals surface area (Å²) in [6, 6.07) is 0. The molecular weight excluding hydrogens is 202 g/mol. The molecule has 0 rings (SSSR count). The molecule has 0 aliphatic rings. The van der Waals surface area contributed by atoms with Gasteiger partial charge in [-0.2, -0.15) is 0 Å². The van der Waals surface area contributed by atoms with Gasteiger partial charge < -0.3 is 10.1 Å². The van der Waals surface area contributed by atoms with Crippen LogP contribution >= 0.6 is 0 Å². The summed E-state index contributed by atoms with van der Waals surface area (Å²) in [5.41, 5.74) is -0.269. The Bertz CT molecular complexity index is 206. The number of ether oxygens (including phenoxy) is 1. The van der Waals surface area contributed by atoms with Crippen molar-refractivity contribution in [3.63, 3.8) is 0 Å². The van der Waals surface area contributed by atoms with Crippen LogP contribution in [0.15, 0.2) is 0 Å². The van der Waals surface area contributed by atoms with Crippen molar-refractivity contribution < 1.29 is 9.53 Å². The minimum atomic E-state index is -0.376. The van der Waals surface area contributed by atoms with Gasteiger partial charge >= 0.3 is 0 Å². The summed E-state index contributed by atoms with van der Waals surface area (Å²) in [5, 5.41) is 2.90. The van der Waals surface area contributed by atoms with Gasteiger partial charge in [0.25, 0.3) is 0 Å². The van der Waals surface area contributed by atoms with E-state index >= 15 is 0 Å². The molecule has 1 N–H and O–H groups in total. The van der Waals surface area contributed by atoms with Gasteiger partial charge in [-0.05, 0) is 46.5 Å². The molecule has 0 aliphatic carbocycles. The topological polar surface area (TPSA) is 38.3 Å². The maximum Gasteiger partial charge on any atom is 0.248 e. The van der Waals surface area contributed by atoms with Gasteiger partial charge in [0.05, 0.1) is 5.60 Å². The second kappa shape index (κ2) is 6.89. The van der Waals surface area contributed by atoms with Crippen molar-refractivity contribution in [2.75, 3.05) is 6.54 Å². The van der Waals surface area contributed by atoms with Crippen molar-refractivity contribution in [1.29, 1.82) is 0 Å². The van der Waals surface area contributed by atoms with E-state index in [0.29, 0.717) is 5.92 Å². The van der Waals surface area contributed by atoms with E-state index in [1.165, 1.54) is 0 Å². The predicted molar refractivity (Wildman–Crippen MR) is 67.4 cm³/mol. The van der Waals surface area contributed by atoms with Crippen molar-refractivity contribution >= 4 is 5.91 Å². The molecular formula is C13H27NO2. The van der Waals surface area contributed by atoms with Gasteiger partial charge in [-0.25, -0.2) is 0 Å². The highest BCUT2D eigenvalue weighted by molar-refractivity contribution is 5.80. The normalized spacial score (nSPS) is 13.9. The molecule has 0 heterocycles. The SMILES string of the molecule is CC(C)CCCNC(=O)C(C)OC(C)(C)C. The maximum atomic E-state index is 11.6. The molecule has 96 valence electrons. The van der Waals surface area contributed by atoms with Crippen molar-refractivity contribution in [3.05, 3.63) is 0 Å². The molecule has 0 aliphatic heterocycles. The second-order valence-electron chi connectivity index (χ2n) is 5.70. The van der Waals surface area contributed by atoms with Gasteiger partial charge in [-0.15, -0.1) is 0 Å². The van der Waals surface area contributed by atoms with Crippen LogP contribution in [-0.2, 0) is 9.53 Å². The zero-order valence-corrected chi connectivity index (χ0v) is 11.6. The molecule has 16 heavy (non-hydrogen) atoms. The van der Waals surface area contributed by atoms with E-state index < -0.39 is 0 Å². The molecule has 0 radical (unpaired) electrons. The van der Waals surface area contributed by atoms with Crippen molar-refractivity contribution in [3.8, 4) is 0 Å². The molecule has 0 saturated carbocycles. The first-order chi connectivity index (χ1) is 7.22. The van der Waals surface area contributed by atoms with Crippen LogP contribution in [-0.4, -0.2) is 24.2 Å². The van der Waals surface area contributed by atoms with Crippen LogP contribution in [0, 0.1) is 5.92 Å². The largest absolute Gasteiger partial charge is 0.363 e. The number of nitrogens with one attached hydrogen (secondary N) is 1. The van der Waals surface area contributed by atoms with Gasteiger partial charge in [0, 0.05) is 6.54 Å². The second-order valence-corrected chi connectivity index (χ2v) is 5.70. The maximum absolute atomic E-state index is 11.6. The highest BCUT2D eigenvalue weighted by Gasteiger charge is 2.20. The standard InChI is InChI=1S/C13H27NO2/c1-10(2)8-7-9-14-12(15)11(3)16-13(4,5)6/h10-11H,7-9H2,1-6H3,(H,14,15). The average molecular weight is 229 g/mol. The number of rotatable bonds is 6. The Labute approximate surface area is 99.9 Å². The smallest absolute Gasteiger partial charge is 0.248 e. The molecule has 0 aromatic rings. The summed E-state index contributed by atoms with van der Waals surface area (Å²) in [5.74, 6) is 0.679. The third-order valence-corrected chi connectivity index (χ3v) is 2.16. The van der Waals surface area contributed by atoms with E-state index in [2.05, 4.69) is 19.2 Å². The summed E-state index contributed by atoms with van der Waals surface area (Å²) >= 11 is 0. The van der Waals surface area contributed by atoms with E-state index in [-0.39, 0.29) is 17.6 Å². The molecule has 0 fully saturated rings. The number of carbonyl (C=O) groups excluding carboxylic acids is 1.